The van der Waals surface area contributed by atoms with Crippen molar-refractivity contribution in [2.45, 2.75) is 42.0 Å². The summed E-state index contributed by atoms with van der Waals surface area (Å²) in [4.78, 5) is 2.53. The Morgan fingerprint density at radius 2 is 1.73 bits per heavy atom. The highest BCUT2D eigenvalue weighted by Crippen LogP contribution is 2.40. The molecule has 3 aromatic carbocycles. The molecule has 4 rings (SSSR count). The maximum Gasteiger partial charge on any atom is 0.208 e. The number of rotatable bonds is 4. The van der Waals surface area contributed by atoms with Gasteiger partial charge < -0.3 is 4.90 Å². The minimum Gasteiger partial charge on any atom is -0.363 e. The molecule has 0 amide bonds. The number of hydrogen-bond donors (Lipinski definition) is 0. The molecule has 3 aromatic rings. The molecule has 0 aromatic heterocycles. The average Bonchev–Trinajstić information content (AvgIpc) is 2.74. The predicted octanol–water partition coefficient (Wildman–Crippen LogP) is 6.35. The first-order valence-corrected chi connectivity index (χ1v) is 11.9. The van der Waals surface area contributed by atoms with Crippen molar-refractivity contribution in [3.05, 3.63) is 88.7 Å². The van der Waals surface area contributed by atoms with Crippen LogP contribution in [0.3, 0.4) is 0 Å². The number of halogens is 2. The van der Waals surface area contributed by atoms with Gasteiger partial charge in [-0.25, -0.2) is 12.8 Å². The molecular formula is C24H23ClFNO2S. The minimum absolute atomic E-state index is 0.245. The van der Waals surface area contributed by atoms with Gasteiger partial charge in [0.2, 0.25) is 9.84 Å². The molecule has 0 N–H and O–H groups in total. The van der Waals surface area contributed by atoms with Crippen LogP contribution in [-0.2, 0) is 9.84 Å². The topological polar surface area (TPSA) is 37.4 Å². The Balaban J connectivity index is 1.81. The highest BCUT2D eigenvalue weighted by atomic mass is 35.5. The van der Waals surface area contributed by atoms with Crippen molar-refractivity contribution in [2.24, 2.45) is 0 Å². The zero-order chi connectivity index (χ0) is 21.3. The van der Waals surface area contributed by atoms with Crippen LogP contribution in [0.4, 0.5) is 10.1 Å². The van der Waals surface area contributed by atoms with E-state index in [1.807, 2.05) is 24.0 Å². The van der Waals surface area contributed by atoms with Crippen molar-refractivity contribution in [1.29, 1.82) is 0 Å². The lowest BCUT2D eigenvalue weighted by molar-refractivity contribution is 0.453. The number of sulfone groups is 1. The molecule has 0 radical (unpaired) electrons. The summed E-state index contributed by atoms with van der Waals surface area (Å²) in [6.07, 6.45) is 2.62. The molecule has 1 aliphatic rings. The first kappa shape index (κ1) is 20.9. The molecule has 1 saturated heterocycles. The van der Waals surface area contributed by atoms with Crippen LogP contribution < -0.4 is 4.90 Å². The highest BCUT2D eigenvalue weighted by molar-refractivity contribution is 7.91. The van der Waals surface area contributed by atoms with E-state index in [9.17, 15) is 12.8 Å². The third-order valence-corrected chi connectivity index (χ3v) is 7.67. The number of anilines is 1. The molecule has 0 spiro atoms. The van der Waals surface area contributed by atoms with Crippen LogP contribution in [0.25, 0.3) is 0 Å². The van der Waals surface area contributed by atoms with Crippen molar-refractivity contribution in [3.8, 4) is 0 Å². The van der Waals surface area contributed by atoms with Crippen molar-refractivity contribution in [1.82, 2.24) is 0 Å². The molecule has 1 fully saturated rings. The second-order valence-corrected chi connectivity index (χ2v) is 10.0. The molecule has 0 aliphatic carbocycles. The van der Waals surface area contributed by atoms with Crippen LogP contribution in [0, 0.1) is 12.7 Å². The van der Waals surface area contributed by atoms with E-state index in [1.54, 1.807) is 48.5 Å². The van der Waals surface area contributed by atoms with Crippen molar-refractivity contribution in [2.75, 3.05) is 11.4 Å². The summed E-state index contributed by atoms with van der Waals surface area (Å²) in [5, 5.41) is 0.348. The summed E-state index contributed by atoms with van der Waals surface area (Å²) in [6, 6.07) is 18.3. The van der Waals surface area contributed by atoms with E-state index in [1.165, 1.54) is 6.07 Å². The fourth-order valence-corrected chi connectivity index (χ4v) is 5.71. The van der Waals surface area contributed by atoms with Crippen LogP contribution in [0.2, 0.25) is 5.02 Å². The summed E-state index contributed by atoms with van der Waals surface area (Å²) in [5.41, 5.74) is 2.15. The maximum atomic E-state index is 14.7. The van der Waals surface area contributed by atoms with E-state index in [-0.39, 0.29) is 21.7 Å². The van der Waals surface area contributed by atoms with E-state index < -0.39 is 9.84 Å². The van der Waals surface area contributed by atoms with E-state index in [4.69, 9.17) is 11.6 Å². The second-order valence-electron chi connectivity index (χ2n) is 7.66. The van der Waals surface area contributed by atoms with Gasteiger partial charge in [-0.3, -0.25) is 0 Å². The van der Waals surface area contributed by atoms with E-state index in [2.05, 4.69) is 0 Å². The van der Waals surface area contributed by atoms with Crippen LogP contribution in [-0.4, -0.2) is 15.0 Å². The summed E-state index contributed by atoms with van der Waals surface area (Å²) in [5.74, 6) is -0.363. The van der Waals surface area contributed by atoms with Crippen LogP contribution in [0.5, 0.6) is 0 Å². The van der Waals surface area contributed by atoms with Crippen molar-refractivity contribution in [3.63, 3.8) is 0 Å². The molecule has 3 nitrogen and oxygen atoms in total. The lowest BCUT2D eigenvalue weighted by Crippen LogP contribution is -2.34. The van der Waals surface area contributed by atoms with Gasteiger partial charge in [0.05, 0.1) is 21.5 Å². The molecule has 1 unspecified atom stereocenters. The number of benzene rings is 3. The van der Waals surface area contributed by atoms with Gasteiger partial charge in [0.15, 0.2) is 0 Å². The Morgan fingerprint density at radius 3 is 2.47 bits per heavy atom. The fraction of sp³-hybridized carbons (Fsp3) is 0.250. The first-order chi connectivity index (χ1) is 14.4. The number of nitrogens with zero attached hydrogens (tertiary/aromatic N) is 1. The van der Waals surface area contributed by atoms with Gasteiger partial charge in [-0.2, -0.15) is 0 Å². The molecule has 0 bridgehead atoms. The highest BCUT2D eigenvalue weighted by Gasteiger charge is 2.31. The largest absolute Gasteiger partial charge is 0.363 e. The molecule has 6 heteroatoms. The number of aryl methyl sites for hydroxylation is 1. The van der Waals surface area contributed by atoms with Gasteiger partial charge in [-0.1, -0.05) is 47.5 Å². The molecule has 156 valence electrons. The lowest BCUT2D eigenvalue weighted by atomic mass is 9.94. The van der Waals surface area contributed by atoms with Crippen LogP contribution in [0.1, 0.15) is 36.4 Å². The Morgan fingerprint density at radius 1 is 1.00 bits per heavy atom. The van der Waals surface area contributed by atoms with E-state index >= 15 is 0 Å². The molecule has 0 saturated carbocycles. The Hall–Kier alpha value is -2.37. The molecule has 30 heavy (non-hydrogen) atoms. The standard InChI is InChI=1S/C24H23ClFNO2S/c1-17-9-12-19(13-10-17)30(28,29)24-8-3-2-7-23(24)27-15-5-4-6-22(27)20-14-11-18(25)16-21(20)26/h2-3,7-14,16,22H,4-6,15H2,1H3. The molecular weight excluding hydrogens is 421 g/mol. The van der Waals surface area contributed by atoms with Gasteiger partial charge in [0, 0.05) is 17.1 Å². The normalized spacial score (nSPS) is 17.2. The monoisotopic (exact) mass is 443 g/mol. The summed E-state index contributed by atoms with van der Waals surface area (Å²) in [6.45, 7) is 2.58. The Labute approximate surface area is 182 Å². The summed E-state index contributed by atoms with van der Waals surface area (Å²) >= 11 is 5.94. The van der Waals surface area contributed by atoms with Crippen molar-refractivity contribution >= 4 is 27.1 Å². The third-order valence-electron chi connectivity index (χ3n) is 5.62. The predicted molar refractivity (Wildman–Crippen MR) is 118 cm³/mol. The molecule has 1 atom stereocenters. The van der Waals surface area contributed by atoms with Gasteiger partial charge in [-0.05, 0) is 62.6 Å². The van der Waals surface area contributed by atoms with Crippen molar-refractivity contribution < 1.29 is 12.8 Å². The van der Waals surface area contributed by atoms with E-state index in [0.717, 1.165) is 24.8 Å². The SMILES string of the molecule is Cc1ccc(S(=O)(=O)c2ccccc2N2CCCCC2c2ccc(Cl)cc2F)cc1. The van der Waals surface area contributed by atoms with Gasteiger partial charge >= 0.3 is 0 Å². The van der Waals surface area contributed by atoms with Crippen LogP contribution >= 0.6 is 11.6 Å². The second kappa shape index (κ2) is 8.40. The number of piperidine rings is 1. The van der Waals surface area contributed by atoms with Crippen LogP contribution in [0.15, 0.2) is 76.5 Å². The summed E-state index contributed by atoms with van der Waals surface area (Å²) in [7, 11) is -3.71. The smallest absolute Gasteiger partial charge is 0.208 e. The average molecular weight is 444 g/mol. The third kappa shape index (κ3) is 3.96. The maximum absolute atomic E-state index is 14.7. The fourth-order valence-electron chi connectivity index (χ4n) is 4.08. The number of para-hydroxylation sites is 1. The Bertz CT molecular complexity index is 1160. The molecule has 1 aliphatic heterocycles. The van der Waals surface area contributed by atoms with Gasteiger partial charge in [-0.15, -0.1) is 0 Å². The minimum atomic E-state index is -3.71. The van der Waals surface area contributed by atoms with Gasteiger partial charge in [0.25, 0.3) is 0 Å². The quantitative estimate of drug-likeness (QED) is 0.471. The Kier molecular flexibility index (Phi) is 5.85. The summed E-state index contributed by atoms with van der Waals surface area (Å²) < 4.78 is 41.6. The van der Waals surface area contributed by atoms with E-state index in [0.29, 0.717) is 22.8 Å². The van der Waals surface area contributed by atoms with Gasteiger partial charge in [0.1, 0.15) is 5.82 Å². The lowest BCUT2D eigenvalue weighted by Gasteiger charge is -2.39. The zero-order valence-corrected chi connectivity index (χ0v) is 18.3. The molecule has 1 heterocycles. The first-order valence-electron chi connectivity index (χ1n) is 10.0. The number of hydrogen-bond acceptors (Lipinski definition) is 3. The zero-order valence-electron chi connectivity index (χ0n) is 16.7.